The number of carbonyl (C=O) groups excluding carboxylic acids is 2. The molecule has 2 bridgehead atoms. The highest BCUT2D eigenvalue weighted by atomic mass is 35.6. The lowest BCUT2D eigenvalue weighted by atomic mass is 9.92. The van der Waals surface area contributed by atoms with E-state index in [1.165, 1.54) is 4.90 Å². The number of aromatic nitrogens is 2. The summed E-state index contributed by atoms with van der Waals surface area (Å²) >= 11 is 17.6. The van der Waals surface area contributed by atoms with E-state index in [4.69, 9.17) is 53.8 Å². The molecule has 2 aromatic heterocycles. The summed E-state index contributed by atoms with van der Waals surface area (Å²) in [5.41, 5.74) is 3.99. The first kappa shape index (κ1) is 27.3. The van der Waals surface area contributed by atoms with Gasteiger partial charge in [-0.3, -0.25) is 0 Å². The van der Waals surface area contributed by atoms with Gasteiger partial charge in [0.05, 0.1) is 33.7 Å². The number of methoxy groups -OCH3 is 1. The molecule has 222 valence electrons. The Balaban J connectivity index is 1.47. The topological polar surface area (TPSA) is 84.2 Å². The van der Waals surface area contributed by atoms with E-state index in [9.17, 15) is 9.59 Å². The molecule has 4 atom stereocenters. The molecule has 0 N–H and O–H groups in total. The van der Waals surface area contributed by atoms with Crippen LogP contribution in [-0.4, -0.2) is 62.8 Å². The van der Waals surface area contributed by atoms with E-state index in [0.717, 1.165) is 49.2 Å². The number of benzene rings is 3. The van der Waals surface area contributed by atoms with E-state index < -0.39 is 40.6 Å². The number of carbonyl (C=O) groups is 2. The molecular weight excluding hydrogens is 617 g/mol. The summed E-state index contributed by atoms with van der Waals surface area (Å²) in [6.07, 6.45) is -1.45. The molecule has 3 aromatic carbocycles. The number of likely N-dealkylation sites (N-methyl/N-ethyl adjacent to an activating group) is 1. The number of nitrogens with zero attached hydrogens (tertiary/aromatic N) is 3. The van der Waals surface area contributed by atoms with Gasteiger partial charge in [0.15, 0.2) is 5.72 Å². The Bertz CT molecular complexity index is 2030. The molecule has 0 saturated carbocycles. The average Bonchev–Trinajstić information content (AvgIpc) is 3.62. The van der Waals surface area contributed by atoms with Crippen LogP contribution in [0.5, 0.6) is 0 Å². The Morgan fingerprint density at radius 1 is 1.07 bits per heavy atom. The molecule has 0 spiro atoms. The Morgan fingerprint density at radius 3 is 2.44 bits per heavy atom. The SMILES string of the molecule is CO[C@H]1[C@@H](N(C)C(=O)OCC(Cl)(Cl)Cl)C[C@@H]2O[C@@]1(C)n1c3ccccc3c3c4c(c5c6ccccc6n2c5c31)C(=O)OC4. The maximum atomic E-state index is 13.4. The number of fused-ring (bicyclic) bond motifs is 13. The molecule has 43 heavy (non-hydrogen) atoms. The summed E-state index contributed by atoms with van der Waals surface area (Å²) in [5, 5.41) is 3.69. The summed E-state index contributed by atoms with van der Waals surface area (Å²) < 4.78 is 27.0. The highest BCUT2D eigenvalue weighted by Crippen LogP contribution is 2.54. The van der Waals surface area contributed by atoms with Crippen LogP contribution < -0.4 is 0 Å². The lowest BCUT2D eigenvalue weighted by Gasteiger charge is -2.50. The zero-order valence-corrected chi connectivity index (χ0v) is 25.7. The molecule has 5 aromatic rings. The second-order valence-corrected chi connectivity index (χ2v) is 14.0. The molecule has 3 aliphatic heterocycles. The van der Waals surface area contributed by atoms with Crippen LogP contribution in [0.3, 0.4) is 0 Å². The molecule has 1 fully saturated rings. The van der Waals surface area contributed by atoms with Crippen molar-refractivity contribution >= 4 is 90.5 Å². The minimum atomic E-state index is -1.75. The molecule has 0 aliphatic carbocycles. The van der Waals surface area contributed by atoms with E-state index in [1.54, 1.807) is 14.2 Å². The third-order valence-electron chi connectivity index (χ3n) is 9.24. The van der Waals surface area contributed by atoms with Crippen molar-refractivity contribution in [1.82, 2.24) is 14.0 Å². The average molecular weight is 643 g/mol. The number of hydrogen-bond donors (Lipinski definition) is 0. The molecule has 8 rings (SSSR count). The highest BCUT2D eigenvalue weighted by molar-refractivity contribution is 6.67. The van der Waals surface area contributed by atoms with Crippen LogP contribution in [0.15, 0.2) is 48.5 Å². The number of amides is 1. The van der Waals surface area contributed by atoms with Crippen molar-refractivity contribution in [3.63, 3.8) is 0 Å². The van der Waals surface area contributed by atoms with E-state index >= 15 is 0 Å². The maximum absolute atomic E-state index is 13.4. The summed E-state index contributed by atoms with van der Waals surface area (Å²) in [6.45, 7) is 1.77. The van der Waals surface area contributed by atoms with Crippen molar-refractivity contribution in [3.05, 3.63) is 59.7 Å². The van der Waals surface area contributed by atoms with Crippen molar-refractivity contribution in [3.8, 4) is 0 Å². The number of rotatable bonds is 3. The lowest BCUT2D eigenvalue weighted by Crippen LogP contribution is -2.61. The second-order valence-electron chi connectivity index (χ2n) is 11.5. The molecule has 9 nitrogen and oxygen atoms in total. The number of halogens is 3. The predicted molar refractivity (Wildman–Crippen MR) is 164 cm³/mol. The molecule has 12 heteroatoms. The van der Waals surface area contributed by atoms with Gasteiger partial charge >= 0.3 is 12.1 Å². The molecule has 1 amide bonds. The predicted octanol–water partition coefficient (Wildman–Crippen LogP) is 7.00. The van der Waals surface area contributed by atoms with Gasteiger partial charge in [-0.15, -0.1) is 0 Å². The molecule has 0 unspecified atom stereocenters. The Labute approximate surface area is 260 Å². The number of alkyl halides is 3. The van der Waals surface area contributed by atoms with Crippen LogP contribution in [0.25, 0.3) is 43.6 Å². The van der Waals surface area contributed by atoms with Crippen molar-refractivity contribution in [2.75, 3.05) is 20.8 Å². The molecular formula is C31H26Cl3N3O6. The first-order valence-electron chi connectivity index (χ1n) is 13.9. The van der Waals surface area contributed by atoms with Crippen molar-refractivity contribution in [1.29, 1.82) is 0 Å². The van der Waals surface area contributed by atoms with Crippen LogP contribution in [-0.2, 0) is 31.3 Å². The normalized spacial score (nSPS) is 24.6. The largest absolute Gasteiger partial charge is 0.457 e. The summed E-state index contributed by atoms with van der Waals surface area (Å²) in [4.78, 5) is 28.2. The van der Waals surface area contributed by atoms with E-state index in [2.05, 4.69) is 15.2 Å². The first-order chi connectivity index (χ1) is 20.5. The second kappa shape index (κ2) is 9.15. The smallest absolute Gasteiger partial charge is 0.409 e. The molecule has 1 saturated heterocycles. The van der Waals surface area contributed by atoms with Gasteiger partial charge < -0.3 is 33.0 Å². The van der Waals surface area contributed by atoms with Crippen LogP contribution in [0.1, 0.15) is 35.5 Å². The lowest BCUT2D eigenvalue weighted by molar-refractivity contribution is -0.265. The van der Waals surface area contributed by atoms with Crippen LogP contribution in [0.4, 0.5) is 4.79 Å². The minimum absolute atomic E-state index is 0.184. The highest BCUT2D eigenvalue weighted by Gasteiger charge is 2.55. The third-order valence-corrected chi connectivity index (χ3v) is 9.57. The van der Waals surface area contributed by atoms with Crippen molar-refractivity contribution in [2.24, 2.45) is 0 Å². The minimum Gasteiger partial charge on any atom is -0.457 e. The number of esters is 1. The summed E-state index contributed by atoms with van der Waals surface area (Å²) in [6, 6.07) is 15.6. The Hall–Kier alpha value is -3.21. The van der Waals surface area contributed by atoms with Gasteiger partial charge in [0, 0.05) is 47.7 Å². The quantitative estimate of drug-likeness (QED) is 0.156. The van der Waals surface area contributed by atoms with Gasteiger partial charge in [-0.1, -0.05) is 71.2 Å². The number of ether oxygens (including phenoxy) is 4. The summed E-state index contributed by atoms with van der Waals surface area (Å²) in [5.74, 6) is -0.333. The fraction of sp³-hybridized carbons (Fsp3) is 0.355. The van der Waals surface area contributed by atoms with Crippen LogP contribution in [0.2, 0.25) is 0 Å². The van der Waals surface area contributed by atoms with Crippen molar-refractivity contribution in [2.45, 2.75) is 47.8 Å². The monoisotopic (exact) mass is 641 g/mol. The molecule has 3 aliphatic rings. The van der Waals surface area contributed by atoms with Crippen molar-refractivity contribution < 1.29 is 28.5 Å². The zero-order valence-electron chi connectivity index (χ0n) is 23.4. The molecule has 5 heterocycles. The number of para-hydroxylation sites is 2. The molecule has 0 radical (unpaired) electrons. The van der Waals surface area contributed by atoms with Gasteiger partial charge in [-0.05, 0) is 19.1 Å². The number of hydrogen-bond acceptors (Lipinski definition) is 6. The Morgan fingerprint density at radius 2 is 1.74 bits per heavy atom. The van der Waals surface area contributed by atoms with E-state index in [1.807, 2.05) is 49.4 Å². The third kappa shape index (κ3) is 3.60. The van der Waals surface area contributed by atoms with Gasteiger partial charge in [0.25, 0.3) is 0 Å². The Kier molecular flexibility index (Phi) is 5.82. The zero-order chi connectivity index (χ0) is 30.0. The van der Waals surface area contributed by atoms with Gasteiger partial charge in [-0.2, -0.15) is 0 Å². The maximum Gasteiger partial charge on any atom is 0.409 e. The van der Waals surface area contributed by atoms with Crippen LogP contribution in [0, 0.1) is 0 Å². The number of cyclic esters (lactones) is 1. The summed E-state index contributed by atoms with van der Waals surface area (Å²) in [7, 11) is 3.27. The first-order valence-corrected chi connectivity index (χ1v) is 15.0. The van der Waals surface area contributed by atoms with E-state index in [-0.39, 0.29) is 12.6 Å². The van der Waals surface area contributed by atoms with Crippen LogP contribution >= 0.6 is 34.8 Å². The van der Waals surface area contributed by atoms with Gasteiger partial charge in [0.2, 0.25) is 3.79 Å². The fourth-order valence-electron chi connectivity index (χ4n) is 7.67. The van der Waals surface area contributed by atoms with E-state index in [0.29, 0.717) is 12.0 Å². The fourth-order valence-corrected chi connectivity index (χ4v) is 7.83. The van der Waals surface area contributed by atoms with Gasteiger partial charge in [-0.25, -0.2) is 9.59 Å². The van der Waals surface area contributed by atoms with Gasteiger partial charge in [0.1, 0.15) is 25.5 Å². The standard InChI is InChI=1S/C31H26Cl3N3O6/c1-30-27(40-3)20(35(2)29(39)42-14-31(32,33)34)12-21(43-30)36-18-10-6-4-8-15(18)23-24-17(13-41-28(24)38)22-16-9-5-7-11-19(16)37(30)26(22)25(23)36/h4-11,20-21,27H,12-14H2,1-3H3/t20-,21-,27-,30+/m0/s1.